The Hall–Kier alpha value is -0.850. The Morgan fingerprint density at radius 1 is 1.38 bits per heavy atom. The Kier molecular flexibility index (Phi) is 2.70. The van der Waals surface area contributed by atoms with E-state index in [1.165, 1.54) is 16.2 Å². The molecule has 82 valence electrons. The molecule has 1 atom stereocenters. The van der Waals surface area contributed by atoms with E-state index in [1.54, 1.807) is 34.2 Å². The van der Waals surface area contributed by atoms with Crippen molar-refractivity contribution in [2.45, 2.75) is 5.37 Å². The minimum atomic E-state index is 0.110. The molecule has 0 spiro atoms. The summed E-state index contributed by atoms with van der Waals surface area (Å²) in [6, 6.07) is 4.09. The molecule has 3 heterocycles. The first kappa shape index (κ1) is 10.3. The van der Waals surface area contributed by atoms with E-state index in [2.05, 4.69) is 11.1 Å². The van der Waals surface area contributed by atoms with Crippen LogP contribution in [0.1, 0.15) is 10.3 Å². The highest BCUT2D eigenvalue weighted by Gasteiger charge is 2.35. The topological polar surface area (TPSA) is 33.2 Å². The Morgan fingerprint density at radius 2 is 2.31 bits per heavy atom. The maximum atomic E-state index is 11.9. The normalized spacial score (nSPS) is 20.6. The summed E-state index contributed by atoms with van der Waals surface area (Å²) in [5.41, 5.74) is 0. The predicted octanol–water partition coefficient (Wildman–Crippen LogP) is 2.98. The predicted molar refractivity (Wildman–Crippen MR) is 69.1 cm³/mol. The van der Waals surface area contributed by atoms with Crippen LogP contribution in [0.4, 0.5) is 5.13 Å². The number of carbonyl (C=O) groups excluding carboxylic acids is 1. The first-order valence-corrected chi connectivity index (χ1v) is 7.53. The van der Waals surface area contributed by atoms with Gasteiger partial charge >= 0.3 is 0 Å². The third-order valence-electron chi connectivity index (χ3n) is 2.28. The lowest BCUT2D eigenvalue weighted by Crippen LogP contribution is -2.27. The Bertz CT molecular complexity index is 480. The van der Waals surface area contributed by atoms with Gasteiger partial charge < -0.3 is 0 Å². The van der Waals surface area contributed by atoms with E-state index < -0.39 is 0 Å². The SMILES string of the molecule is O=C1CSC(c2cccs2)N1c1nccs1. The number of rotatable bonds is 2. The highest BCUT2D eigenvalue weighted by Crippen LogP contribution is 2.43. The molecular formula is C10H8N2OS3. The number of aromatic nitrogens is 1. The second kappa shape index (κ2) is 4.20. The second-order valence-electron chi connectivity index (χ2n) is 3.26. The Balaban J connectivity index is 1.97. The fraction of sp³-hybridized carbons (Fsp3) is 0.200. The van der Waals surface area contributed by atoms with Crippen LogP contribution in [0.3, 0.4) is 0 Å². The summed E-state index contributed by atoms with van der Waals surface area (Å²) < 4.78 is 0. The van der Waals surface area contributed by atoms with Crippen LogP contribution in [0.5, 0.6) is 0 Å². The molecule has 0 N–H and O–H groups in total. The van der Waals surface area contributed by atoms with E-state index in [0.29, 0.717) is 5.75 Å². The van der Waals surface area contributed by atoms with Gasteiger partial charge in [0, 0.05) is 16.5 Å². The summed E-state index contributed by atoms with van der Waals surface area (Å²) in [5, 5.41) is 4.85. The summed E-state index contributed by atoms with van der Waals surface area (Å²) in [7, 11) is 0. The van der Waals surface area contributed by atoms with E-state index in [9.17, 15) is 4.79 Å². The number of nitrogens with zero attached hydrogens (tertiary/aromatic N) is 2. The van der Waals surface area contributed by atoms with E-state index in [0.717, 1.165) is 5.13 Å². The summed E-state index contributed by atoms with van der Waals surface area (Å²) in [6.45, 7) is 0. The molecule has 2 aromatic heterocycles. The van der Waals surface area contributed by atoms with Gasteiger partial charge in [0.25, 0.3) is 0 Å². The summed E-state index contributed by atoms with van der Waals surface area (Å²) in [5.74, 6) is 0.695. The molecule has 1 aliphatic rings. The fourth-order valence-corrected chi connectivity index (χ4v) is 4.47. The van der Waals surface area contributed by atoms with Crippen LogP contribution < -0.4 is 4.90 Å². The number of hydrogen-bond acceptors (Lipinski definition) is 5. The molecule has 6 heteroatoms. The minimum Gasteiger partial charge on any atom is -0.273 e. The fourth-order valence-electron chi connectivity index (χ4n) is 1.61. The summed E-state index contributed by atoms with van der Waals surface area (Å²) >= 11 is 4.86. The molecule has 1 aliphatic heterocycles. The Morgan fingerprint density at radius 3 is 3.00 bits per heavy atom. The lowest BCUT2D eigenvalue weighted by Gasteiger charge is -2.19. The zero-order valence-electron chi connectivity index (χ0n) is 8.20. The van der Waals surface area contributed by atoms with Crippen LogP contribution >= 0.6 is 34.4 Å². The first-order valence-electron chi connectivity index (χ1n) is 4.73. The Labute approximate surface area is 105 Å². The second-order valence-corrected chi connectivity index (χ2v) is 6.18. The van der Waals surface area contributed by atoms with Crippen LogP contribution in [-0.2, 0) is 4.79 Å². The van der Waals surface area contributed by atoms with Gasteiger partial charge in [-0.1, -0.05) is 6.07 Å². The molecule has 0 aliphatic carbocycles. The molecular weight excluding hydrogens is 260 g/mol. The maximum Gasteiger partial charge on any atom is 0.240 e. The van der Waals surface area contributed by atoms with Crippen molar-refractivity contribution in [2.75, 3.05) is 10.7 Å². The number of carbonyl (C=O) groups is 1. The number of amides is 1. The summed E-state index contributed by atoms with van der Waals surface area (Å²) in [6.07, 6.45) is 1.74. The molecule has 0 saturated carbocycles. The molecule has 3 nitrogen and oxygen atoms in total. The molecule has 2 aromatic rings. The smallest absolute Gasteiger partial charge is 0.240 e. The molecule has 1 fully saturated rings. The maximum absolute atomic E-state index is 11.9. The van der Waals surface area contributed by atoms with Crippen LogP contribution in [0.15, 0.2) is 29.1 Å². The lowest BCUT2D eigenvalue weighted by atomic mass is 10.4. The molecule has 0 aromatic carbocycles. The van der Waals surface area contributed by atoms with Gasteiger partial charge in [0.1, 0.15) is 5.37 Å². The van der Waals surface area contributed by atoms with Crippen LogP contribution in [0.25, 0.3) is 0 Å². The average molecular weight is 268 g/mol. The van der Waals surface area contributed by atoms with Crippen molar-refractivity contribution < 1.29 is 4.79 Å². The highest BCUT2D eigenvalue weighted by atomic mass is 32.2. The van der Waals surface area contributed by atoms with Crippen LogP contribution in [0, 0.1) is 0 Å². The summed E-state index contributed by atoms with van der Waals surface area (Å²) in [4.78, 5) is 19.1. The molecule has 1 unspecified atom stereocenters. The van der Waals surface area contributed by atoms with Crippen LogP contribution in [-0.4, -0.2) is 16.6 Å². The minimum absolute atomic E-state index is 0.110. The largest absolute Gasteiger partial charge is 0.273 e. The van der Waals surface area contributed by atoms with Crippen molar-refractivity contribution >= 4 is 45.5 Å². The van der Waals surface area contributed by atoms with Crippen molar-refractivity contribution in [1.82, 2.24) is 4.98 Å². The van der Waals surface area contributed by atoms with E-state index in [-0.39, 0.29) is 11.3 Å². The van der Waals surface area contributed by atoms with E-state index >= 15 is 0 Å². The van der Waals surface area contributed by atoms with E-state index in [4.69, 9.17) is 0 Å². The van der Waals surface area contributed by atoms with Crippen molar-refractivity contribution in [3.05, 3.63) is 34.0 Å². The van der Waals surface area contributed by atoms with Gasteiger partial charge in [-0.2, -0.15) is 0 Å². The number of thioether (sulfide) groups is 1. The highest BCUT2D eigenvalue weighted by molar-refractivity contribution is 8.01. The van der Waals surface area contributed by atoms with Gasteiger partial charge in [-0.05, 0) is 11.4 Å². The third kappa shape index (κ3) is 1.66. The van der Waals surface area contributed by atoms with Crippen molar-refractivity contribution in [3.8, 4) is 0 Å². The van der Waals surface area contributed by atoms with Crippen LogP contribution in [0.2, 0.25) is 0 Å². The lowest BCUT2D eigenvalue weighted by molar-refractivity contribution is -0.115. The molecule has 3 rings (SSSR count). The monoisotopic (exact) mass is 268 g/mol. The number of anilines is 1. The van der Waals surface area contributed by atoms with Gasteiger partial charge in [-0.15, -0.1) is 34.4 Å². The van der Waals surface area contributed by atoms with E-state index in [1.807, 2.05) is 16.8 Å². The molecule has 1 saturated heterocycles. The quantitative estimate of drug-likeness (QED) is 0.839. The first-order chi connectivity index (χ1) is 7.86. The molecule has 0 bridgehead atoms. The number of thiophene rings is 1. The van der Waals surface area contributed by atoms with Crippen molar-refractivity contribution in [1.29, 1.82) is 0 Å². The molecule has 16 heavy (non-hydrogen) atoms. The number of thiazole rings is 1. The average Bonchev–Trinajstić information content (AvgIpc) is 2.96. The van der Waals surface area contributed by atoms with Gasteiger partial charge in [0.2, 0.25) is 5.91 Å². The molecule has 1 amide bonds. The van der Waals surface area contributed by atoms with Gasteiger partial charge in [0.15, 0.2) is 5.13 Å². The van der Waals surface area contributed by atoms with Crippen molar-refractivity contribution in [2.24, 2.45) is 0 Å². The molecule has 0 radical (unpaired) electrons. The van der Waals surface area contributed by atoms with Crippen molar-refractivity contribution in [3.63, 3.8) is 0 Å². The zero-order chi connectivity index (χ0) is 11.0. The number of hydrogen-bond donors (Lipinski definition) is 0. The van der Waals surface area contributed by atoms with Gasteiger partial charge in [-0.25, -0.2) is 4.98 Å². The van der Waals surface area contributed by atoms with Gasteiger partial charge in [-0.3, -0.25) is 9.69 Å². The standard InChI is InChI=1S/C10H8N2OS3/c13-8-6-16-9(7-2-1-4-14-7)12(8)10-11-3-5-15-10/h1-5,9H,6H2. The third-order valence-corrected chi connectivity index (χ3v) is 5.32. The van der Waals surface area contributed by atoms with Gasteiger partial charge in [0.05, 0.1) is 5.75 Å². The zero-order valence-corrected chi connectivity index (χ0v) is 10.6.